The highest BCUT2D eigenvalue weighted by Gasteiger charge is 2.36. The van der Waals surface area contributed by atoms with E-state index in [0.717, 1.165) is 12.1 Å². The molecule has 2 aromatic heterocycles. The molecule has 0 bridgehead atoms. The lowest BCUT2D eigenvalue weighted by atomic mass is 10.00. The fourth-order valence-electron chi connectivity index (χ4n) is 3.40. The van der Waals surface area contributed by atoms with Crippen molar-refractivity contribution in [3.05, 3.63) is 52.9 Å². The number of hydrogen-bond donors (Lipinski definition) is 3. The number of rotatable bonds is 4. The number of nitrogens with one attached hydrogen (secondary N) is 2. The molecule has 1 saturated heterocycles. The Morgan fingerprint density at radius 2 is 2.21 bits per heavy atom. The van der Waals surface area contributed by atoms with Crippen molar-refractivity contribution in [3.8, 4) is 0 Å². The van der Waals surface area contributed by atoms with Crippen LogP contribution < -0.4 is 16.0 Å². The van der Waals surface area contributed by atoms with Crippen LogP contribution in [0.4, 0.5) is 14.6 Å². The second-order valence-electron chi connectivity index (χ2n) is 6.90. The van der Waals surface area contributed by atoms with E-state index >= 15 is 0 Å². The number of halogens is 3. The number of aromatic nitrogens is 3. The monoisotopic (exact) mass is 406 g/mol. The van der Waals surface area contributed by atoms with Gasteiger partial charge in [0.1, 0.15) is 29.4 Å². The third-order valence-electron chi connectivity index (χ3n) is 4.86. The summed E-state index contributed by atoms with van der Waals surface area (Å²) in [6, 6.07) is 2.82. The van der Waals surface area contributed by atoms with Gasteiger partial charge in [-0.3, -0.25) is 4.79 Å². The van der Waals surface area contributed by atoms with Gasteiger partial charge in [0.15, 0.2) is 0 Å². The molecule has 1 atom stereocenters. The van der Waals surface area contributed by atoms with Crippen LogP contribution in [0.5, 0.6) is 0 Å². The van der Waals surface area contributed by atoms with Crippen molar-refractivity contribution in [3.63, 3.8) is 0 Å². The first-order valence-electron chi connectivity index (χ1n) is 8.61. The van der Waals surface area contributed by atoms with Crippen molar-refractivity contribution in [1.29, 1.82) is 0 Å². The standard InChI is InChI=1S/C18H17ClF2N6O/c19-12-6-23-15-14(12)16(26-9-25-15)27-4-3-18(22,8-27)7-24-17(28)11-2-1-10(20)5-13(11)21/h1-2,5-6,9H,3-4,7-8,22H2,(H,24,28)(H,23,25,26)/t18-/m0/s1. The number of amides is 1. The molecule has 28 heavy (non-hydrogen) atoms. The van der Waals surface area contributed by atoms with Gasteiger partial charge in [0, 0.05) is 31.9 Å². The lowest BCUT2D eigenvalue weighted by Crippen LogP contribution is -2.52. The quantitative estimate of drug-likeness (QED) is 0.617. The van der Waals surface area contributed by atoms with Crippen molar-refractivity contribution in [1.82, 2.24) is 20.3 Å². The molecule has 1 aromatic carbocycles. The summed E-state index contributed by atoms with van der Waals surface area (Å²) >= 11 is 6.24. The highest BCUT2D eigenvalue weighted by molar-refractivity contribution is 6.36. The van der Waals surface area contributed by atoms with Gasteiger partial charge in [-0.05, 0) is 18.6 Å². The number of nitrogens with two attached hydrogens (primary N) is 1. The Morgan fingerprint density at radius 3 is 3.00 bits per heavy atom. The molecule has 0 unspecified atom stereocenters. The molecule has 0 spiro atoms. The van der Waals surface area contributed by atoms with E-state index < -0.39 is 23.1 Å². The molecule has 3 heterocycles. The average Bonchev–Trinajstić information content (AvgIpc) is 3.24. The predicted octanol–water partition coefficient (Wildman–Crippen LogP) is 2.23. The van der Waals surface area contributed by atoms with E-state index in [9.17, 15) is 13.6 Å². The number of carbonyl (C=O) groups is 1. The molecule has 146 valence electrons. The van der Waals surface area contributed by atoms with E-state index in [1.165, 1.54) is 6.33 Å². The highest BCUT2D eigenvalue weighted by atomic mass is 35.5. The van der Waals surface area contributed by atoms with Gasteiger partial charge in [0.05, 0.1) is 21.5 Å². The van der Waals surface area contributed by atoms with Gasteiger partial charge in [-0.2, -0.15) is 0 Å². The molecular weight excluding hydrogens is 390 g/mol. The summed E-state index contributed by atoms with van der Waals surface area (Å²) in [6.07, 6.45) is 3.68. The van der Waals surface area contributed by atoms with Gasteiger partial charge in [-0.15, -0.1) is 0 Å². The molecule has 0 saturated carbocycles. The number of carbonyl (C=O) groups excluding carboxylic acids is 1. The minimum Gasteiger partial charge on any atom is -0.354 e. The molecular formula is C18H17ClF2N6O. The lowest BCUT2D eigenvalue weighted by Gasteiger charge is -2.25. The molecule has 1 fully saturated rings. The Bertz CT molecular complexity index is 1060. The molecule has 10 heteroatoms. The van der Waals surface area contributed by atoms with E-state index in [1.807, 2.05) is 4.90 Å². The molecule has 1 aliphatic heterocycles. The highest BCUT2D eigenvalue weighted by Crippen LogP contribution is 2.33. The maximum absolute atomic E-state index is 13.8. The Hall–Kier alpha value is -2.78. The van der Waals surface area contributed by atoms with Crippen molar-refractivity contribution in [2.45, 2.75) is 12.0 Å². The molecule has 0 aliphatic carbocycles. The number of hydrogen-bond acceptors (Lipinski definition) is 5. The number of aromatic amines is 1. The van der Waals surface area contributed by atoms with Crippen molar-refractivity contribution < 1.29 is 13.6 Å². The van der Waals surface area contributed by atoms with Crippen LogP contribution in [0.15, 0.2) is 30.7 Å². The van der Waals surface area contributed by atoms with Crippen LogP contribution in [0.25, 0.3) is 11.0 Å². The van der Waals surface area contributed by atoms with Crippen LogP contribution in [0, 0.1) is 11.6 Å². The molecule has 1 aliphatic rings. The molecule has 0 radical (unpaired) electrons. The zero-order valence-electron chi connectivity index (χ0n) is 14.7. The molecule has 4 rings (SSSR count). The number of H-pyrrole nitrogens is 1. The summed E-state index contributed by atoms with van der Waals surface area (Å²) in [5.41, 5.74) is 6.11. The van der Waals surface area contributed by atoms with Gasteiger partial charge in [0.2, 0.25) is 0 Å². The SMILES string of the molecule is N[C@]1(CNC(=O)c2ccc(F)cc2F)CCN(c2ncnc3[nH]cc(Cl)c23)C1. The molecule has 7 nitrogen and oxygen atoms in total. The van der Waals surface area contributed by atoms with E-state index in [4.69, 9.17) is 17.3 Å². The average molecular weight is 407 g/mol. The van der Waals surface area contributed by atoms with Crippen molar-refractivity contribution >= 4 is 34.4 Å². The lowest BCUT2D eigenvalue weighted by molar-refractivity contribution is 0.0941. The summed E-state index contributed by atoms with van der Waals surface area (Å²) < 4.78 is 26.8. The first kappa shape index (κ1) is 18.6. The van der Waals surface area contributed by atoms with Crippen LogP contribution >= 0.6 is 11.6 Å². The van der Waals surface area contributed by atoms with E-state index in [1.54, 1.807) is 6.20 Å². The third kappa shape index (κ3) is 3.38. The first-order chi connectivity index (χ1) is 13.4. The van der Waals surface area contributed by atoms with Crippen LogP contribution in [-0.2, 0) is 0 Å². The van der Waals surface area contributed by atoms with Crippen LogP contribution in [0.1, 0.15) is 16.8 Å². The Kier molecular flexibility index (Phi) is 4.64. The molecule has 3 aromatic rings. The maximum Gasteiger partial charge on any atom is 0.254 e. The minimum atomic E-state index is -0.915. The van der Waals surface area contributed by atoms with Crippen molar-refractivity contribution in [2.75, 3.05) is 24.5 Å². The third-order valence-corrected chi connectivity index (χ3v) is 5.16. The van der Waals surface area contributed by atoms with Gasteiger partial charge in [-0.1, -0.05) is 11.6 Å². The first-order valence-corrected chi connectivity index (χ1v) is 8.99. The predicted molar refractivity (Wildman–Crippen MR) is 101 cm³/mol. The topological polar surface area (TPSA) is 99.9 Å². The minimum absolute atomic E-state index is 0.133. The summed E-state index contributed by atoms with van der Waals surface area (Å²) in [4.78, 5) is 25.7. The summed E-state index contributed by atoms with van der Waals surface area (Å²) in [5, 5.41) is 3.87. The zero-order valence-corrected chi connectivity index (χ0v) is 15.4. The fraction of sp³-hybridized carbons (Fsp3) is 0.278. The number of benzene rings is 1. The Morgan fingerprint density at radius 1 is 1.39 bits per heavy atom. The van der Waals surface area contributed by atoms with Crippen LogP contribution in [0.3, 0.4) is 0 Å². The molecule has 4 N–H and O–H groups in total. The van der Waals surface area contributed by atoms with Gasteiger partial charge < -0.3 is 20.9 Å². The number of anilines is 1. The fourth-order valence-corrected chi connectivity index (χ4v) is 3.62. The largest absolute Gasteiger partial charge is 0.354 e. The smallest absolute Gasteiger partial charge is 0.254 e. The maximum atomic E-state index is 13.8. The summed E-state index contributed by atoms with van der Waals surface area (Å²) in [6.45, 7) is 1.17. The summed E-state index contributed by atoms with van der Waals surface area (Å²) in [7, 11) is 0. The zero-order chi connectivity index (χ0) is 19.9. The number of nitrogens with zero attached hydrogens (tertiary/aromatic N) is 3. The van der Waals surface area contributed by atoms with Gasteiger partial charge >= 0.3 is 0 Å². The summed E-state index contributed by atoms with van der Waals surface area (Å²) in [5.74, 6) is -1.63. The Balaban J connectivity index is 1.46. The van der Waals surface area contributed by atoms with Crippen LogP contribution in [0.2, 0.25) is 5.02 Å². The van der Waals surface area contributed by atoms with Gasteiger partial charge in [-0.25, -0.2) is 18.7 Å². The second-order valence-corrected chi connectivity index (χ2v) is 7.31. The normalized spacial score (nSPS) is 19.4. The second kappa shape index (κ2) is 6.99. The number of fused-ring (bicyclic) bond motifs is 1. The van der Waals surface area contributed by atoms with E-state index in [-0.39, 0.29) is 12.1 Å². The van der Waals surface area contributed by atoms with Crippen LogP contribution in [-0.4, -0.2) is 46.0 Å². The van der Waals surface area contributed by atoms with E-state index in [0.29, 0.717) is 47.5 Å². The van der Waals surface area contributed by atoms with E-state index in [2.05, 4.69) is 20.3 Å². The van der Waals surface area contributed by atoms with Crippen molar-refractivity contribution in [2.24, 2.45) is 5.73 Å². The van der Waals surface area contributed by atoms with Gasteiger partial charge in [0.25, 0.3) is 5.91 Å². The molecule has 1 amide bonds. The Labute approximate surface area is 163 Å².